The number of benzene rings is 2. The number of carbonyl (C=O) groups excluding carboxylic acids is 2. The van der Waals surface area contributed by atoms with E-state index in [1.165, 1.54) is 0 Å². The molecular weight excluding hydrogens is 332 g/mol. The molecule has 0 aromatic heterocycles. The molecule has 26 heavy (non-hydrogen) atoms. The summed E-state index contributed by atoms with van der Waals surface area (Å²) in [4.78, 5) is 27.4. The lowest BCUT2D eigenvalue weighted by Gasteiger charge is -2.36. The first-order valence-corrected chi connectivity index (χ1v) is 8.49. The van der Waals surface area contributed by atoms with E-state index in [1.54, 1.807) is 35.2 Å². The van der Waals surface area contributed by atoms with E-state index in [1.807, 2.05) is 18.2 Å². The third-order valence-electron chi connectivity index (χ3n) is 4.44. The Morgan fingerprint density at radius 3 is 2.46 bits per heavy atom. The van der Waals surface area contributed by atoms with Gasteiger partial charge in [0.05, 0.1) is 5.69 Å². The fourth-order valence-electron chi connectivity index (χ4n) is 3.01. The lowest BCUT2D eigenvalue weighted by Crippen LogP contribution is -2.51. The molecule has 1 aliphatic rings. The summed E-state index contributed by atoms with van der Waals surface area (Å²) < 4.78 is 0. The monoisotopic (exact) mass is 354 g/mol. The first-order chi connectivity index (χ1) is 12.5. The molecule has 0 radical (unpaired) electrons. The van der Waals surface area contributed by atoms with Gasteiger partial charge in [-0.05, 0) is 29.8 Å². The molecule has 1 saturated heterocycles. The van der Waals surface area contributed by atoms with Crippen molar-refractivity contribution in [3.63, 3.8) is 0 Å². The number of hydrogen-bond donors (Lipinski definition) is 3. The number of primary amides is 1. The molecule has 1 aliphatic heterocycles. The molecule has 0 aliphatic carbocycles. The minimum absolute atomic E-state index is 0.147. The van der Waals surface area contributed by atoms with Crippen LogP contribution >= 0.6 is 0 Å². The highest BCUT2D eigenvalue weighted by atomic mass is 16.3. The number of aromatic hydroxyl groups is 1. The number of phenols is 1. The second kappa shape index (κ2) is 7.77. The highest BCUT2D eigenvalue weighted by Crippen LogP contribution is 2.27. The van der Waals surface area contributed by atoms with Crippen molar-refractivity contribution in [1.29, 1.82) is 0 Å². The molecule has 0 unspecified atom stereocenters. The first-order valence-electron chi connectivity index (χ1n) is 8.49. The zero-order valence-electron chi connectivity index (χ0n) is 14.4. The van der Waals surface area contributed by atoms with Gasteiger partial charge in [-0.2, -0.15) is 0 Å². The molecule has 0 saturated carbocycles. The average Bonchev–Trinajstić information content (AvgIpc) is 2.67. The number of phenolic OH excluding ortho intramolecular Hbond substituents is 1. The van der Waals surface area contributed by atoms with Gasteiger partial charge < -0.3 is 26.0 Å². The molecular formula is C19H22N4O3. The molecule has 0 spiro atoms. The zero-order valence-corrected chi connectivity index (χ0v) is 14.4. The summed E-state index contributed by atoms with van der Waals surface area (Å²) in [5.74, 6) is -0.238. The van der Waals surface area contributed by atoms with Gasteiger partial charge >= 0.3 is 6.03 Å². The Labute approximate surface area is 152 Å². The maximum Gasteiger partial charge on any atom is 0.317 e. The highest BCUT2D eigenvalue weighted by Gasteiger charge is 2.22. The summed E-state index contributed by atoms with van der Waals surface area (Å²) in [7, 11) is 0. The van der Waals surface area contributed by atoms with E-state index in [0.29, 0.717) is 38.3 Å². The van der Waals surface area contributed by atoms with Crippen LogP contribution in [0.25, 0.3) is 0 Å². The molecule has 3 rings (SSSR count). The number of piperazine rings is 1. The molecule has 0 bridgehead atoms. The Bertz CT molecular complexity index is 801. The molecule has 136 valence electrons. The zero-order chi connectivity index (χ0) is 18.5. The van der Waals surface area contributed by atoms with Crippen LogP contribution in [-0.4, -0.2) is 48.1 Å². The number of para-hydroxylation sites is 2. The normalized spacial score (nSPS) is 14.2. The van der Waals surface area contributed by atoms with Gasteiger partial charge in [0, 0.05) is 38.3 Å². The van der Waals surface area contributed by atoms with Crippen LogP contribution < -0.4 is 16.0 Å². The van der Waals surface area contributed by atoms with E-state index in [2.05, 4.69) is 10.2 Å². The molecule has 7 nitrogen and oxygen atoms in total. The minimum Gasteiger partial charge on any atom is -0.506 e. The Hall–Kier alpha value is -3.22. The van der Waals surface area contributed by atoms with Gasteiger partial charge in [-0.25, -0.2) is 4.79 Å². The van der Waals surface area contributed by atoms with Crippen LogP contribution in [0.5, 0.6) is 5.75 Å². The van der Waals surface area contributed by atoms with Crippen LogP contribution in [0.3, 0.4) is 0 Å². The predicted molar refractivity (Wildman–Crippen MR) is 99.1 cm³/mol. The van der Waals surface area contributed by atoms with Crippen molar-refractivity contribution in [2.45, 2.75) is 6.54 Å². The molecule has 2 aromatic rings. The number of nitrogens with zero attached hydrogens (tertiary/aromatic N) is 2. The molecule has 7 heteroatoms. The maximum atomic E-state index is 12.4. The van der Waals surface area contributed by atoms with Gasteiger partial charge in [0.2, 0.25) is 5.91 Å². The number of hydrogen-bond acceptors (Lipinski definition) is 4. The molecule has 4 N–H and O–H groups in total. The topological polar surface area (TPSA) is 98.9 Å². The number of urea groups is 1. The van der Waals surface area contributed by atoms with Crippen molar-refractivity contribution in [2.24, 2.45) is 5.73 Å². The van der Waals surface area contributed by atoms with Gasteiger partial charge in [0.1, 0.15) is 5.75 Å². The molecule has 1 heterocycles. The quantitative estimate of drug-likeness (QED) is 0.775. The van der Waals surface area contributed by atoms with Crippen LogP contribution in [0.4, 0.5) is 10.5 Å². The number of rotatable bonds is 4. The summed E-state index contributed by atoms with van der Waals surface area (Å²) in [5, 5.41) is 12.8. The first kappa shape index (κ1) is 17.6. The third-order valence-corrected chi connectivity index (χ3v) is 4.44. The SMILES string of the molecule is NC(=O)c1cccc(CNC(=O)N2CCN(c3ccccc3O)CC2)c1. The lowest BCUT2D eigenvalue weighted by molar-refractivity contribution is 0.1000. The van der Waals surface area contributed by atoms with E-state index in [9.17, 15) is 14.7 Å². The van der Waals surface area contributed by atoms with Crippen molar-refractivity contribution in [1.82, 2.24) is 10.2 Å². The number of nitrogens with two attached hydrogens (primary N) is 1. The van der Waals surface area contributed by atoms with Crippen molar-refractivity contribution in [3.05, 3.63) is 59.7 Å². The second-order valence-electron chi connectivity index (χ2n) is 6.19. The van der Waals surface area contributed by atoms with E-state index in [4.69, 9.17) is 5.73 Å². The minimum atomic E-state index is -0.488. The molecule has 1 fully saturated rings. The van der Waals surface area contributed by atoms with Crippen molar-refractivity contribution < 1.29 is 14.7 Å². The van der Waals surface area contributed by atoms with Crippen molar-refractivity contribution in [3.8, 4) is 5.75 Å². The van der Waals surface area contributed by atoms with E-state index in [-0.39, 0.29) is 11.8 Å². The Morgan fingerprint density at radius 1 is 1.04 bits per heavy atom. The Kier molecular flexibility index (Phi) is 5.26. The summed E-state index contributed by atoms with van der Waals surface area (Å²) in [6.45, 7) is 2.78. The van der Waals surface area contributed by atoms with E-state index in [0.717, 1.165) is 11.3 Å². The van der Waals surface area contributed by atoms with Crippen molar-refractivity contribution in [2.75, 3.05) is 31.1 Å². The summed E-state index contributed by atoms with van der Waals surface area (Å²) in [6, 6.07) is 14.0. The van der Waals surface area contributed by atoms with Crippen LogP contribution in [-0.2, 0) is 6.54 Å². The van der Waals surface area contributed by atoms with Crippen LogP contribution in [0, 0.1) is 0 Å². The number of anilines is 1. The van der Waals surface area contributed by atoms with E-state index >= 15 is 0 Å². The van der Waals surface area contributed by atoms with Gasteiger partial charge in [-0.1, -0.05) is 24.3 Å². The van der Waals surface area contributed by atoms with Crippen molar-refractivity contribution >= 4 is 17.6 Å². The van der Waals surface area contributed by atoms with Crippen LogP contribution in [0.15, 0.2) is 48.5 Å². The second-order valence-corrected chi connectivity index (χ2v) is 6.19. The van der Waals surface area contributed by atoms with Gasteiger partial charge in [0.25, 0.3) is 0 Å². The van der Waals surface area contributed by atoms with Gasteiger partial charge in [-0.3, -0.25) is 4.79 Å². The number of amides is 3. The molecule has 3 amide bonds. The highest BCUT2D eigenvalue weighted by molar-refractivity contribution is 5.92. The Balaban J connectivity index is 1.52. The van der Waals surface area contributed by atoms with Crippen LogP contribution in [0.1, 0.15) is 15.9 Å². The summed E-state index contributed by atoms with van der Waals surface area (Å²) in [5.41, 5.74) is 7.30. The maximum absolute atomic E-state index is 12.4. The third kappa shape index (κ3) is 4.05. The predicted octanol–water partition coefficient (Wildman–Crippen LogP) is 1.52. The molecule has 0 atom stereocenters. The smallest absolute Gasteiger partial charge is 0.317 e. The number of nitrogens with one attached hydrogen (secondary N) is 1. The standard InChI is InChI=1S/C19H22N4O3/c20-18(25)15-5-3-4-14(12-15)13-21-19(26)23-10-8-22(9-11-23)16-6-1-2-7-17(16)24/h1-7,12,24H,8-11,13H2,(H2,20,25)(H,21,26). The average molecular weight is 354 g/mol. The summed E-state index contributed by atoms with van der Waals surface area (Å²) in [6.07, 6.45) is 0. The lowest BCUT2D eigenvalue weighted by atomic mass is 10.1. The molecule has 2 aromatic carbocycles. The largest absolute Gasteiger partial charge is 0.506 e. The fraction of sp³-hybridized carbons (Fsp3) is 0.263. The number of carbonyl (C=O) groups is 2. The Morgan fingerprint density at radius 2 is 1.77 bits per heavy atom. The fourth-order valence-corrected chi connectivity index (χ4v) is 3.01. The van der Waals surface area contributed by atoms with Gasteiger partial charge in [0.15, 0.2) is 0 Å². The van der Waals surface area contributed by atoms with E-state index < -0.39 is 5.91 Å². The van der Waals surface area contributed by atoms with Gasteiger partial charge in [-0.15, -0.1) is 0 Å². The summed E-state index contributed by atoms with van der Waals surface area (Å²) >= 11 is 0. The van der Waals surface area contributed by atoms with Crippen LogP contribution in [0.2, 0.25) is 0 Å².